The number of carbonyl (C=O) groups is 7. The summed E-state index contributed by atoms with van der Waals surface area (Å²) >= 11 is 0. The molecule has 2 bridgehead atoms. The summed E-state index contributed by atoms with van der Waals surface area (Å²) in [6.07, 6.45) is 10.7. The lowest BCUT2D eigenvalue weighted by Crippen LogP contribution is -2.61. The van der Waals surface area contributed by atoms with Crippen molar-refractivity contribution in [3.8, 4) is 0 Å². The van der Waals surface area contributed by atoms with E-state index in [0.717, 1.165) is 28.2 Å². The van der Waals surface area contributed by atoms with Crippen molar-refractivity contribution in [2.24, 2.45) is 35.3 Å². The Bertz CT molecular complexity index is 2770. The van der Waals surface area contributed by atoms with E-state index in [1.54, 1.807) is 46.1 Å². The highest BCUT2D eigenvalue weighted by Crippen LogP contribution is 2.38. The van der Waals surface area contributed by atoms with E-state index in [-0.39, 0.29) is 55.7 Å². The van der Waals surface area contributed by atoms with Gasteiger partial charge in [0.2, 0.25) is 17.6 Å². The van der Waals surface area contributed by atoms with Gasteiger partial charge < -0.3 is 69.1 Å². The predicted molar refractivity (Wildman–Crippen MR) is 334 cm³/mol. The summed E-state index contributed by atoms with van der Waals surface area (Å²) in [5.41, 5.74) is 9.74. The molecule has 23 heteroatoms. The number of cyclic esters (lactones) is 1. The fourth-order valence-electron chi connectivity index (χ4n) is 13.3. The molecule has 5 N–H and O–H groups in total. The number of aliphatic hydroxyl groups excluding tert-OH is 2. The number of anilines is 1. The van der Waals surface area contributed by atoms with Gasteiger partial charge in [-0.1, -0.05) is 71.1 Å². The van der Waals surface area contributed by atoms with E-state index in [4.69, 9.17) is 39.1 Å². The van der Waals surface area contributed by atoms with Gasteiger partial charge in [-0.05, 0) is 107 Å². The van der Waals surface area contributed by atoms with Gasteiger partial charge in [0.1, 0.15) is 36.2 Å². The molecule has 1 saturated carbocycles. The highest BCUT2D eigenvalue weighted by Gasteiger charge is 2.53. The van der Waals surface area contributed by atoms with Gasteiger partial charge in [-0.3, -0.25) is 24.0 Å². The highest BCUT2D eigenvalue weighted by atomic mass is 16.6. The van der Waals surface area contributed by atoms with Crippen LogP contribution >= 0.6 is 0 Å². The average Bonchev–Trinajstić information content (AvgIpc) is 0.811. The Morgan fingerprint density at radius 2 is 1.59 bits per heavy atom. The van der Waals surface area contributed by atoms with Gasteiger partial charge in [0.05, 0.1) is 43.6 Å². The van der Waals surface area contributed by atoms with Crippen LogP contribution in [0.2, 0.25) is 0 Å². The summed E-state index contributed by atoms with van der Waals surface area (Å²) < 4.78 is 35.9. The molecular weight excluding hydrogens is 1160 g/mol. The molecule has 0 unspecified atom stereocenters. The molecule has 3 saturated heterocycles. The van der Waals surface area contributed by atoms with E-state index >= 15 is 0 Å². The standard InChI is InChI=1S/C67H101N7O16/c1-10-31-87-32-24-58(76)71-27-29-72(30-28-71)65-69-39-48-40-73(26-23-51(48)70-65)66(83)89-54-22-20-47(36-57(54)86-9)35-50(68)56-38-53(75)43(4)34-45(6)60(78)61(79)59(77)44(5)33-41(2)16-12-11-13-17-42(3)55(85-8)37-49-21-19-46(7)67(84,90-49)62(80)63(81)74-25-15-14-18-52(74)64(82)88-56/h11-13,16-17,34,39,41,43-44,46-47,49-50,52,54-57,60-61,78-79,84H,10,14-15,18-33,35-38,40,68H2,1-9H3/b13-11+,16-12+,42-17+,45-34+/t41-,43-,44-,46-,47+,49+,50-,52+,54-,55+,56+,57-,60-,61+,67-/m1/s1. The Morgan fingerprint density at radius 1 is 0.833 bits per heavy atom. The predicted octanol–water partition coefficient (Wildman–Crippen LogP) is 5.68. The number of ether oxygens (including phenoxy) is 6. The molecule has 0 aromatic carbocycles. The van der Waals surface area contributed by atoms with Crippen molar-refractivity contribution in [2.45, 2.75) is 212 Å². The molecule has 0 radical (unpaired) electrons. The molecule has 500 valence electrons. The summed E-state index contributed by atoms with van der Waals surface area (Å²) in [7, 11) is 3.10. The zero-order valence-electron chi connectivity index (χ0n) is 54.5. The number of amides is 3. The van der Waals surface area contributed by atoms with Crippen LogP contribution in [0.1, 0.15) is 150 Å². The van der Waals surface area contributed by atoms with Crippen molar-refractivity contribution in [3.05, 3.63) is 65.1 Å². The number of methoxy groups -OCH3 is 2. The lowest BCUT2D eigenvalue weighted by atomic mass is 9.80. The average molecular weight is 1260 g/mol. The Hall–Kier alpha value is -5.79. The fourth-order valence-corrected chi connectivity index (χ4v) is 13.3. The maximum atomic E-state index is 14.7. The van der Waals surface area contributed by atoms with Crippen molar-refractivity contribution >= 4 is 47.2 Å². The molecule has 1 aliphatic carbocycles. The minimum absolute atomic E-state index is 0.00868. The fraction of sp³-hybridized carbons (Fsp3) is 0.716. The first kappa shape index (κ1) is 71.6. The number of nitrogens with zero attached hydrogens (tertiary/aromatic N) is 6. The molecule has 23 nitrogen and oxygen atoms in total. The van der Waals surface area contributed by atoms with Crippen molar-refractivity contribution in [3.63, 3.8) is 0 Å². The minimum Gasteiger partial charge on any atom is -0.459 e. The highest BCUT2D eigenvalue weighted by molar-refractivity contribution is 6.39. The zero-order chi connectivity index (χ0) is 65.4. The van der Waals surface area contributed by atoms with Crippen molar-refractivity contribution in [1.29, 1.82) is 0 Å². The summed E-state index contributed by atoms with van der Waals surface area (Å²) in [4.78, 5) is 114. The number of esters is 1. The van der Waals surface area contributed by atoms with Gasteiger partial charge >= 0.3 is 12.1 Å². The summed E-state index contributed by atoms with van der Waals surface area (Å²) in [6, 6.07) is -2.22. The SMILES string of the molecule is CCCOCCC(=O)N1CCN(c2ncc3c(n2)CCN(C(=O)O[C@@H]2CC[C@@H](C[C@@H](N)[C@@H]4CC(=O)[C@H](C)/C=C(\C)[C@@H](O)[C@@H](O)C(=O)[C@H](C)C[C@H](C)/C=C/C=C/C=C(\C)[C@@H](OC)C[C@@H]5CC[C@@H](C)[C@@](O)(O5)C(=O)C(=O)N5CCCC[C@H]5C(=O)O4)C[C@H]2OC)C3)CC1. The number of fused-ring (bicyclic) bond motifs is 4. The lowest BCUT2D eigenvalue weighted by molar-refractivity contribution is -0.265. The van der Waals surface area contributed by atoms with E-state index < -0.39 is 120 Å². The van der Waals surface area contributed by atoms with Crippen LogP contribution in [-0.2, 0) is 70.2 Å². The van der Waals surface area contributed by atoms with Gasteiger partial charge in [0, 0.05) is 115 Å². The van der Waals surface area contributed by atoms with Gasteiger partial charge in [0.25, 0.3) is 11.7 Å². The van der Waals surface area contributed by atoms with Crippen LogP contribution in [0.3, 0.4) is 0 Å². The number of aromatic nitrogens is 2. The first-order valence-corrected chi connectivity index (χ1v) is 32.8. The number of aliphatic hydroxyl groups is 3. The van der Waals surface area contributed by atoms with Crippen LogP contribution in [-0.4, -0.2) is 209 Å². The van der Waals surface area contributed by atoms with Crippen LogP contribution < -0.4 is 10.6 Å². The molecule has 0 spiro atoms. The maximum Gasteiger partial charge on any atom is 0.410 e. The van der Waals surface area contributed by atoms with Crippen LogP contribution in [0, 0.1) is 29.6 Å². The lowest BCUT2D eigenvalue weighted by Gasteiger charge is -2.42. The number of piperazine rings is 1. The topological polar surface area (TPSA) is 300 Å². The normalized spacial score (nSPS) is 34.2. The number of piperidine rings is 1. The van der Waals surface area contributed by atoms with Crippen LogP contribution in [0.5, 0.6) is 0 Å². The van der Waals surface area contributed by atoms with Gasteiger partial charge in [-0.25, -0.2) is 19.6 Å². The second kappa shape index (κ2) is 33.7. The first-order chi connectivity index (χ1) is 43.0. The zero-order valence-corrected chi connectivity index (χ0v) is 54.5. The quantitative estimate of drug-likeness (QED) is 0.0847. The second-order valence-electron chi connectivity index (χ2n) is 26.0. The minimum atomic E-state index is -2.50. The monoisotopic (exact) mass is 1260 g/mol. The largest absolute Gasteiger partial charge is 0.459 e. The Kier molecular flexibility index (Phi) is 26.8. The number of ketones is 3. The van der Waals surface area contributed by atoms with Gasteiger partial charge in [-0.2, -0.15) is 0 Å². The number of Topliss-reactive ketones (excluding diaryl/α,β-unsaturated/α-hetero) is 3. The molecule has 15 atom stereocenters. The molecule has 1 aromatic rings. The molecule has 90 heavy (non-hydrogen) atoms. The molecule has 6 aliphatic rings. The van der Waals surface area contributed by atoms with Crippen LogP contribution in [0.15, 0.2) is 53.8 Å². The number of nitrogens with two attached hydrogens (primary N) is 1. The van der Waals surface area contributed by atoms with Gasteiger partial charge in [-0.15, -0.1) is 0 Å². The van der Waals surface area contributed by atoms with Crippen molar-refractivity contribution in [1.82, 2.24) is 24.7 Å². The van der Waals surface area contributed by atoms with Gasteiger partial charge in [0.15, 0.2) is 5.78 Å². The van der Waals surface area contributed by atoms with E-state index in [9.17, 15) is 48.9 Å². The van der Waals surface area contributed by atoms with E-state index in [2.05, 4.69) is 9.88 Å². The third-order valence-corrected chi connectivity index (χ3v) is 19.1. The third-order valence-electron chi connectivity index (χ3n) is 19.1. The third kappa shape index (κ3) is 18.7. The van der Waals surface area contributed by atoms with Crippen molar-refractivity contribution in [2.75, 3.05) is 71.6 Å². The summed E-state index contributed by atoms with van der Waals surface area (Å²) in [5, 5.41) is 34.6. The molecule has 6 heterocycles. The number of allylic oxidation sites excluding steroid dienone is 6. The molecule has 1 aromatic heterocycles. The van der Waals surface area contributed by atoms with Crippen LogP contribution in [0.4, 0.5) is 10.7 Å². The van der Waals surface area contributed by atoms with Crippen molar-refractivity contribution < 1.29 is 77.3 Å². The van der Waals surface area contributed by atoms with E-state index in [1.165, 1.54) is 13.0 Å². The number of rotatable bonds is 12. The van der Waals surface area contributed by atoms with E-state index in [1.807, 2.05) is 56.1 Å². The number of hydrogen-bond acceptors (Lipinski definition) is 20. The smallest absolute Gasteiger partial charge is 0.410 e. The summed E-state index contributed by atoms with van der Waals surface area (Å²) in [5.74, 6) is -8.51. The summed E-state index contributed by atoms with van der Waals surface area (Å²) in [6.45, 7) is 16.4. The molecule has 5 aliphatic heterocycles. The first-order valence-electron chi connectivity index (χ1n) is 32.8. The molecule has 7 rings (SSSR count). The maximum absolute atomic E-state index is 14.7. The Morgan fingerprint density at radius 3 is 2.31 bits per heavy atom. The Balaban J connectivity index is 1.04. The van der Waals surface area contributed by atoms with Crippen LogP contribution in [0.25, 0.3) is 0 Å². The number of hydrogen-bond donors (Lipinski definition) is 4. The second-order valence-corrected chi connectivity index (χ2v) is 26.0. The number of carbonyl (C=O) groups excluding carboxylic acids is 7. The molecular formula is C67H101N7O16. The molecule has 4 fully saturated rings. The molecule has 3 amide bonds. The Labute approximate surface area is 531 Å². The van der Waals surface area contributed by atoms with E-state index in [0.29, 0.717) is 116 Å².